The highest BCUT2D eigenvalue weighted by molar-refractivity contribution is 5.86. The molecular weight excluding hydrogens is 162 g/mol. The third-order valence-electron chi connectivity index (χ3n) is 2.88. The number of rotatable bonds is 3. The molecule has 0 aromatic heterocycles. The largest absolute Gasteiger partial charge is 0.325 e. The Bertz CT molecular complexity index is 189. The van der Waals surface area contributed by atoms with Crippen LogP contribution in [0.15, 0.2) is 0 Å². The van der Waals surface area contributed by atoms with E-state index in [2.05, 4.69) is 0 Å². The van der Waals surface area contributed by atoms with Crippen molar-refractivity contribution in [2.45, 2.75) is 53.5 Å². The first-order chi connectivity index (χ1) is 5.63. The third-order valence-corrected chi connectivity index (χ3v) is 2.88. The van der Waals surface area contributed by atoms with Gasteiger partial charge in [-0.2, -0.15) is 0 Å². The summed E-state index contributed by atoms with van der Waals surface area (Å²) in [6, 6.07) is 0. The maximum atomic E-state index is 11.9. The van der Waals surface area contributed by atoms with Crippen LogP contribution in [0.5, 0.6) is 0 Å². The van der Waals surface area contributed by atoms with E-state index in [1.54, 1.807) is 0 Å². The van der Waals surface area contributed by atoms with Gasteiger partial charge in [0.2, 0.25) is 0 Å². The Morgan fingerprint density at radius 1 is 1.31 bits per heavy atom. The van der Waals surface area contributed by atoms with Crippen LogP contribution in [0.25, 0.3) is 0 Å². The van der Waals surface area contributed by atoms with E-state index in [0.717, 1.165) is 6.42 Å². The maximum Gasteiger partial charge on any atom is 0.142 e. The number of hydrogen-bond donors (Lipinski definition) is 1. The van der Waals surface area contributed by atoms with Gasteiger partial charge in [0, 0.05) is 16.9 Å². The molecule has 2 N–H and O–H groups in total. The number of ketones is 1. The molecule has 78 valence electrons. The zero-order valence-electron chi connectivity index (χ0n) is 9.77. The molecule has 0 amide bonds. The molecule has 0 aliphatic rings. The predicted octanol–water partition coefficient (Wildman–Crippen LogP) is 2.37. The highest BCUT2D eigenvalue weighted by Crippen LogP contribution is 2.27. The van der Waals surface area contributed by atoms with Crippen molar-refractivity contribution in [3.63, 3.8) is 0 Å². The highest BCUT2D eigenvalue weighted by atomic mass is 16.1. The zero-order chi connectivity index (χ0) is 10.9. The fraction of sp³-hybridized carbons (Fsp3) is 0.909. The first-order valence-corrected chi connectivity index (χ1v) is 4.96. The van der Waals surface area contributed by atoms with E-state index in [1.807, 2.05) is 41.5 Å². The molecule has 0 saturated heterocycles. The summed E-state index contributed by atoms with van der Waals surface area (Å²) in [5, 5.41) is 0. The van der Waals surface area contributed by atoms with Gasteiger partial charge in [-0.05, 0) is 13.3 Å². The lowest BCUT2D eigenvalue weighted by Gasteiger charge is -2.33. The van der Waals surface area contributed by atoms with Crippen molar-refractivity contribution in [3.05, 3.63) is 0 Å². The Morgan fingerprint density at radius 3 is 1.92 bits per heavy atom. The first kappa shape index (κ1) is 12.6. The summed E-state index contributed by atoms with van der Waals surface area (Å²) in [6.07, 6.45) is 0.829. The van der Waals surface area contributed by atoms with Gasteiger partial charge in [-0.3, -0.25) is 4.79 Å². The second-order valence-corrected chi connectivity index (χ2v) is 5.20. The summed E-state index contributed by atoms with van der Waals surface area (Å²) >= 11 is 0. The molecule has 2 nitrogen and oxygen atoms in total. The average Bonchev–Trinajstić information content (AvgIpc) is 2.00. The zero-order valence-corrected chi connectivity index (χ0v) is 9.77. The topological polar surface area (TPSA) is 43.1 Å². The third kappa shape index (κ3) is 3.11. The van der Waals surface area contributed by atoms with Crippen molar-refractivity contribution in [2.75, 3.05) is 0 Å². The van der Waals surface area contributed by atoms with Gasteiger partial charge in [-0.15, -0.1) is 0 Å². The molecule has 2 heteroatoms. The van der Waals surface area contributed by atoms with Crippen LogP contribution in [0, 0.1) is 11.3 Å². The molecule has 0 radical (unpaired) electrons. The van der Waals surface area contributed by atoms with E-state index in [9.17, 15) is 4.79 Å². The molecule has 0 rings (SSSR count). The molecule has 0 aromatic rings. The highest BCUT2D eigenvalue weighted by Gasteiger charge is 2.35. The monoisotopic (exact) mass is 185 g/mol. The molecule has 0 bridgehead atoms. The molecule has 0 fully saturated rings. The lowest BCUT2D eigenvalue weighted by molar-refractivity contribution is -0.131. The average molecular weight is 185 g/mol. The second kappa shape index (κ2) is 3.79. The number of carbonyl (C=O) groups is 1. The van der Waals surface area contributed by atoms with Crippen LogP contribution in [0.4, 0.5) is 0 Å². The quantitative estimate of drug-likeness (QED) is 0.733. The summed E-state index contributed by atoms with van der Waals surface area (Å²) in [7, 11) is 0. The Labute approximate surface area is 81.9 Å². The van der Waals surface area contributed by atoms with Crippen LogP contribution in [-0.2, 0) is 4.79 Å². The predicted molar refractivity (Wildman–Crippen MR) is 56.5 cm³/mol. The summed E-state index contributed by atoms with van der Waals surface area (Å²) in [6.45, 7) is 11.7. The molecule has 13 heavy (non-hydrogen) atoms. The molecular formula is C11H23NO. The van der Waals surface area contributed by atoms with Crippen LogP contribution in [0.3, 0.4) is 0 Å². The smallest absolute Gasteiger partial charge is 0.142 e. The van der Waals surface area contributed by atoms with Crippen molar-refractivity contribution in [1.82, 2.24) is 0 Å². The van der Waals surface area contributed by atoms with Gasteiger partial charge < -0.3 is 5.73 Å². The molecule has 0 spiro atoms. The number of hydrogen-bond acceptors (Lipinski definition) is 2. The van der Waals surface area contributed by atoms with E-state index >= 15 is 0 Å². The minimum atomic E-state index is -0.371. The van der Waals surface area contributed by atoms with Crippen molar-refractivity contribution in [1.29, 1.82) is 0 Å². The Hall–Kier alpha value is -0.370. The summed E-state index contributed by atoms with van der Waals surface area (Å²) in [5.41, 5.74) is 5.38. The fourth-order valence-corrected chi connectivity index (χ4v) is 1.26. The van der Waals surface area contributed by atoms with Crippen molar-refractivity contribution >= 4 is 5.78 Å². The van der Waals surface area contributed by atoms with Crippen LogP contribution in [-0.4, -0.2) is 11.3 Å². The first-order valence-electron chi connectivity index (χ1n) is 4.96. The van der Waals surface area contributed by atoms with Gasteiger partial charge in [0.1, 0.15) is 5.78 Å². The van der Waals surface area contributed by atoms with Crippen molar-refractivity contribution in [3.8, 4) is 0 Å². The lowest BCUT2D eigenvalue weighted by atomic mass is 9.74. The van der Waals surface area contributed by atoms with Crippen LogP contribution in [0.2, 0.25) is 0 Å². The molecule has 1 unspecified atom stereocenters. The van der Waals surface area contributed by atoms with Gasteiger partial charge in [0.05, 0.1) is 0 Å². The van der Waals surface area contributed by atoms with E-state index < -0.39 is 0 Å². The van der Waals surface area contributed by atoms with Gasteiger partial charge in [0.15, 0.2) is 0 Å². The molecule has 2 atom stereocenters. The summed E-state index contributed by atoms with van der Waals surface area (Å²) < 4.78 is 0. The standard InChI is InChI=1S/C11H23NO/c1-7-11(6,12)8(2)9(13)10(3,4)5/h8H,7,12H2,1-6H3/t8?,11-/m1/s1. The number of carbonyl (C=O) groups excluding carboxylic acids is 1. The van der Waals surface area contributed by atoms with Crippen LogP contribution < -0.4 is 5.73 Å². The fourth-order valence-electron chi connectivity index (χ4n) is 1.26. The van der Waals surface area contributed by atoms with Crippen molar-refractivity contribution < 1.29 is 4.79 Å². The minimum absolute atomic E-state index is 0.0718. The van der Waals surface area contributed by atoms with Crippen molar-refractivity contribution in [2.24, 2.45) is 17.1 Å². The molecule has 0 aliphatic heterocycles. The van der Waals surface area contributed by atoms with E-state index in [0.29, 0.717) is 0 Å². The van der Waals surface area contributed by atoms with Gasteiger partial charge in [-0.25, -0.2) is 0 Å². The summed E-state index contributed by atoms with van der Waals surface area (Å²) in [5.74, 6) is 0.178. The van der Waals surface area contributed by atoms with E-state index in [4.69, 9.17) is 5.73 Å². The molecule has 0 heterocycles. The second-order valence-electron chi connectivity index (χ2n) is 5.20. The van der Waals surface area contributed by atoms with Crippen LogP contribution >= 0.6 is 0 Å². The van der Waals surface area contributed by atoms with E-state index in [1.165, 1.54) is 0 Å². The Balaban J connectivity index is 4.62. The maximum absolute atomic E-state index is 11.9. The van der Waals surface area contributed by atoms with E-state index in [-0.39, 0.29) is 22.7 Å². The number of Topliss-reactive ketones (excluding diaryl/α,β-unsaturated/α-hetero) is 1. The van der Waals surface area contributed by atoms with Gasteiger partial charge in [0.25, 0.3) is 0 Å². The minimum Gasteiger partial charge on any atom is -0.325 e. The Kier molecular flexibility index (Phi) is 3.68. The number of nitrogens with two attached hydrogens (primary N) is 1. The molecule has 0 saturated carbocycles. The normalized spacial score (nSPS) is 19.3. The lowest BCUT2D eigenvalue weighted by Crippen LogP contribution is -2.48. The van der Waals surface area contributed by atoms with Crippen LogP contribution in [0.1, 0.15) is 48.0 Å². The molecule has 0 aliphatic carbocycles. The molecule has 0 aromatic carbocycles. The van der Waals surface area contributed by atoms with Gasteiger partial charge >= 0.3 is 0 Å². The van der Waals surface area contributed by atoms with Gasteiger partial charge in [-0.1, -0.05) is 34.6 Å². The Morgan fingerprint density at radius 2 is 1.69 bits per heavy atom. The summed E-state index contributed by atoms with van der Waals surface area (Å²) in [4.78, 5) is 11.9. The SMILES string of the molecule is CC[C@@](C)(N)C(C)C(=O)C(C)(C)C.